The second kappa shape index (κ2) is 7.68. The third kappa shape index (κ3) is 4.24. The number of nitrogens with one attached hydrogen (secondary N) is 2. The number of anilines is 2. The second-order valence-corrected chi connectivity index (χ2v) is 4.30. The summed E-state index contributed by atoms with van der Waals surface area (Å²) in [5, 5.41) is 3.81. The van der Waals surface area contributed by atoms with Gasteiger partial charge in [-0.25, -0.2) is 15.0 Å². The molecule has 2 N–H and O–H groups in total. The molecule has 0 unspecified atom stereocenters. The van der Waals surface area contributed by atoms with Gasteiger partial charge in [-0.3, -0.25) is 0 Å². The maximum atomic E-state index is 12.4. The van der Waals surface area contributed by atoms with Crippen molar-refractivity contribution in [2.45, 2.75) is 6.92 Å². The number of carbonyl (C=O) groups is 2. The number of rotatable bonds is 3. The lowest BCUT2D eigenvalue weighted by Crippen LogP contribution is -2.48. The average molecular weight is 299 g/mol. The summed E-state index contributed by atoms with van der Waals surface area (Å²) in [6.45, 7) is 1.91. The van der Waals surface area contributed by atoms with Gasteiger partial charge in [0.05, 0.1) is 12.3 Å². The molecule has 3 amide bonds. The molecule has 0 heterocycles. The van der Waals surface area contributed by atoms with Crippen molar-refractivity contribution in [3.05, 3.63) is 60.7 Å². The van der Waals surface area contributed by atoms with Crippen LogP contribution in [0.3, 0.4) is 0 Å². The Bertz CT molecular complexity index is 617. The van der Waals surface area contributed by atoms with E-state index in [1.807, 2.05) is 12.1 Å². The zero-order valence-electron chi connectivity index (χ0n) is 12.2. The average Bonchev–Trinajstić information content (AvgIpc) is 2.54. The number of benzene rings is 2. The number of ether oxygens (including phenoxy) is 1. The Morgan fingerprint density at radius 1 is 1.00 bits per heavy atom. The van der Waals surface area contributed by atoms with Crippen LogP contribution in [0.4, 0.5) is 21.0 Å². The zero-order valence-corrected chi connectivity index (χ0v) is 12.2. The van der Waals surface area contributed by atoms with E-state index in [0.717, 1.165) is 5.01 Å². The van der Waals surface area contributed by atoms with E-state index >= 15 is 0 Å². The fraction of sp³-hybridized carbons (Fsp3) is 0.125. The summed E-state index contributed by atoms with van der Waals surface area (Å²) in [6.07, 6.45) is -0.699. The summed E-state index contributed by atoms with van der Waals surface area (Å²) in [4.78, 5) is 24.0. The molecular weight excluding hydrogens is 282 g/mol. The van der Waals surface area contributed by atoms with Gasteiger partial charge in [-0.05, 0) is 31.2 Å². The van der Waals surface area contributed by atoms with Crippen LogP contribution in [0, 0.1) is 0 Å². The van der Waals surface area contributed by atoms with Crippen LogP contribution in [0.2, 0.25) is 0 Å². The Morgan fingerprint density at radius 3 is 2.18 bits per heavy atom. The van der Waals surface area contributed by atoms with Crippen molar-refractivity contribution in [2.75, 3.05) is 16.9 Å². The highest BCUT2D eigenvalue weighted by Gasteiger charge is 2.18. The van der Waals surface area contributed by atoms with Crippen LogP contribution in [0.25, 0.3) is 0 Å². The molecule has 0 saturated heterocycles. The van der Waals surface area contributed by atoms with Gasteiger partial charge in [0.1, 0.15) is 0 Å². The number of hydrazine groups is 1. The highest BCUT2D eigenvalue weighted by molar-refractivity contribution is 6.02. The first kappa shape index (κ1) is 15.4. The molecule has 0 aromatic heterocycles. The van der Waals surface area contributed by atoms with Crippen molar-refractivity contribution in [1.82, 2.24) is 5.43 Å². The number of hydrogen-bond donors (Lipinski definition) is 2. The van der Waals surface area contributed by atoms with Crippen molar-refractivity contribution in [2.24, 2.45) is 0 Å². The topological polar surface area (TPSA) is 70.7 Å². The minimum Gasteiger partial charge on any atom is -0.449 e. The van der Waals surface area contributed by atoms with Crippen LogP contribution in [0.15, 0.2) is 60.7 Å². The molecule has 6 heteroatoms. The molecule has 0 aliphatic rings. The van der Waals surface area contributed by atoms with Gasteiger partial charge in [0.2, 0.25) is 0 Å². The van der Waals surface area contributed by atoms with Gasteiger partial charge in [-0.2, -0.15) is 5.01 Å². The molecule has 6 nitrogen and oxygen atoms in total. The fourth-order valence-electron chi connectivity index (χ4n) is 1.77. The highest BCUT2D eigenvalue weighted by atomic mass is 16.6. The smallest absolute Gasteiger partial charge is 0.426 e. The van der Waals surface area contributed by atoms with E-state index in [4.69, 9.17) is 4.74 Å². The maximum Gasteiger partial charge on any atom is 0.426 e. The first-order valence-electron chi connectivity index (χ1n) is 6.85. The number of hydrogen-bond acceptors (Lipinski definition) is 3. The monoisotopic (exact) mass is 299 g/mol. The van der Waals surface area contributed by atoms with Crippen molar-refractivity contribution in [3.8, 4) is 0 Å². The summed E-state index contributed by atoms with van der Waals surface area (Å²) in [5.41, 5.74) is 3.56. The molecular formula is C16H17N3O3. The third-order valence-corrected chi connectivity index (χ3v) is 2.72. The van der Waals surface area contributed by atoms with Gasteiger partial charge >= 0.3 is 12.1 Å². The van der Waals surface area contributed by atoms with E-state index in [9.17, 15) is 9.59 Å². The first-order chi connectivity index (χ1) is 10.7. The van der Waals surface area contributed by atoms with E-state index in [-0.39, 0.29) is 6.61 Å². The predicted octanol–water partition coefficient (Wildman–Crippen LogP) is 3.39. The van der Waals surface area contributed by atoms with Gasteiger partial charge in [-0.1, -0.05) is 36.4 Å². The highest BCUT2D eigenvalue weighted by Crippen LogP contribution is 2.14. The maximum absolute atomic E-state index is 12.4. The Kier molecular flexibility index (Phi) is 5.37. The lowest BCUT2D eigenvalue weighted by atomic mass is 10.3. The minimum absolute atomic E-state index is 0.217. The third-order valence-electron chi connectivity index (χ3n) is 2.72. The van der Waals surface area contributed by atoms with E-state index in [0.29, 0.717) is 11.4 Å². The van der Waals surface area contributed by atoms with Crippen LogP contribution in [-0.4, -0.2) is 18.7 Å². The van der Waals surface area contributed by atoms with E-state index in [1.54, 1.807) is 55.5 Å². The SMILES string of the molecule is CCOC(=O)NN(C(=O)Nc1ccccc1)c1ccccc1. The van der Waals surface area contributed by atoms with E-state index in [2.05, 4.69) is 10.7 Å². The zero-order chi connectivity index (χ0) is 15.8. The van der Waals surface area contributed by atoms with Crippen LogP contribution in [-0.2, 0) is 4.74 Å². The number of amides is 3. The number of nitrogens with zero attached hydrogens (tertiary/aromatic N) is 1. The van der Waals surface area contributed by atoms with E-state index in [1.165, 1.54) is 0 Å². The quantitative estimate of drug-likeness (QED) is 0.853. The molecule has 0 atom stereocenters. The number of urea groups is 1. The molecule has 0 spiro atoms. The molecule has 2 aromatic carbocycles. The molecule has 0 saturated carbocycles. The summed E-state index contributed by atoms with van der Waals surface area (Å²) in [6, 6.07) is 17.2. The largest absolute Gasteiger partial charge is 0.449 e. The molecule has 0 fully saturated rings. The predicted molar refractivity (Wildman–Crippen MR) is 84.5 cm³/mol. The van der Waals surface area contributed by atoms with Gasteiger partial charge in [0.15, 0.2) is 0 Å². The van der Waals surface area contributed by atoms with Crippen molar-refractivity contribution in [3.63, 3.8) is 0 Å². The standard InChI is InChI=1S/C16H17N3O3/c1-2-22-16(21)18-19(14-11-7-4-8-12-14)15(20)17-13-9-5-3-6-10-13/h3-12H,2H2,1H3,(H,17,20)(H,18,21). The molecule has 0 bridgehead atoms. The summed E-state index contributed by atoms with van der Waals surface area (Å²) in [5.74, 6) is 0. The normalized spacial score (nSPS) is 9.68. The Labute approximate surface area is 128 Å². The number of para-hydroxylation sites is 2. The summed E-state index contributed by atoms with van der Waals surface area (Å²) in [7, 11) is 0. The molecule has 2 rings (SSSR count). The van der Waals surface area contributed by atoms with E-state index < -0.39 is 12.1 Å². The van der Waals surface area contributed by atoms with Gasteiger partial charge in [0, 0.05) is 5.69 Å². The molecule has 22 heavy (non-hydrogen) atoms. The Balaban J connectivity index is 2.16. The fourth-order valence-corrected chi connectivity index (χ4v) is 1.77. The van der Waals surface area contributed by atoms with Gasteiger partial charge < -0.3 is 10.1 Å². The van der Waals surface area contributed by atoms with Crippen LogP contribution in [0.1, 0.15) is 6.92 Å². The lowest BCUT2D eigenvalue weighted by molar-refractivity contribution is 0.151. The first-order valence-corrected chi connectivity index (χ1v) is 6.85. The Morgan fingerprint density at radius 2 is 1.59 bits per heavy atom. The summed E-state index contributed by atoms with van der Waals surface area (Å²) >= 11 is 0. The van der Waals surface area contributed by atoms with Crippen LogP contribution in [0.5, 0.6) is 0 Å². The van der Waals surface area contributed by atoms with Crippen LogP contribution < -0.4 is 15.8 Å². The second-order valence-electron chi connectivity index (χ2n) is 4.30. The van der Waals surface area contributed by atoms with Crippen molar-refractivity contribution >= 4 is 23.5 Å². The van der Waals surface area contributed by atoms with Gasteiger partial charge in [-0.15, -0.1) is 0 Å². The summed E-state index contributed by atoms with van der Waals surface area (Å²) < 4.78 is 4.82. The molecule has 114 valence electrons. The van der Waals surface area contributed by atoms with Crippen molar-refractivity contribution < 1.29 is 14.3 Å². The molecule has 0 aliphatic carbocycles. The molecule has 0 radical (unpaired) electrons. The van der Waals surface area contributed by atoms with Crippen molar-refractivity contribution in [1.29, 1.82) is 0 Å². The lowest BCUT2D eigenvalue weighted by Gasteiger charge is -2.23. The van der Waals surface area contributed by atoms with Gasteiger partial charge in [0.25, 0.3) is 0 Å². The minimum atomic E-state index is -0.699. The number of carbonyl (C=O) groups excluding carboxylic acids is 2. The Hall–Kier alpha value is -3.02. The molecule has 0 aliphatic heterocycles. The van der Waals surface area contributed by atoms with Crippen LogP contribution >= 0.6 is 0 Å². The molecule has 2 aromatic rings.